The molecule has 6 aliphatic rings. The zero-order chi connectivity index (χ0) is 29.9. The molecule has 2 aromatic heterocycles. The normalized spacial score (nSPS) is 29.0. The van der Waals surface area contributed by atoms with Gasteiger partial charge in [-0.05, 0) is 158 Å². The number of hydrogen-bond donors (Lipinski definition) is 4. The molecule has 3 aromatic carbocycles. The molecule has 6 nitrogen and oxygen atoms in total. The molecule has 2 aliphatic heterocycles. The molecule has 0 amide bonds. The van der Waals surface area contributed by atoms with E-state index in [4.69, 9.17) is 9.97 Å². The number of nitrogens with one attached hydrogen (secondary N) is 4. The van der Waals surface area contributed by atoms with E-state index in [-0.39, 0.29) is 0 Å². The van der Waals surface area contributed by atoms with Crippen LogP contribution in [0.2, 0.25) is 0 Å². The van der Waals surface area contributed by atoms with Crippen molar-refractivity contribution < 1.29 is 0 Å². The zero-order valence-corrected chi connectivity index (χ0v) is 26.5. The van der Waals surface area contributed by atoms with Crippen molar-refractivity contribution in [1.82, 2.24) is 30.6 Å². The van der Waals surface area contributed by atoms with Crippen LogP contribution in [0, 0.1) is 0 Å². The van der Waals surface area contributed by atoms with Gasteiger partial charge in [-0.2, -0.15) is 0 Å². The monoisotopic (exact) mass is 606 g/mol. The molecule has 0 spiro atoms. The molecule has 2 saturated heterocycles. The minimum absolute atomic E-state index is 0.359. The van der Waals surface area contributed by atoms with Gasteiger partial charge in [0.1, 0.15) is 11.6 Å². The van der Waals surface area contributed by atoms with Gasteiger partial charge in [0.25, 0.3) is 0 Å². The van der Waals surface area contributed by atoms with E-state index in [1.807, 2.05) is 0 Å². The second-order valence-corrected chi connectivity index (χ2v) is 15.2. The highest BCUT2D eigenvalue weighted by molar-refractivity contribution is 5.88. The number of imidazole rings is 2. The molecule has 4 fully saturated rings. The highest BCUT2D eigenvalue weighted by Gasteiger charge is 2.44. The average Bonchev–Trinajstić information content (AvgIpc) is 3.94. The van der Waals surface area contributed by atoms with Crippen molar-refractivity contribution in [3.05, 3.63) is 82.6 Å². The van der Waals surface area contributed by atoms with Crippen LogP contribution in [0.4, 0.5) is 0 Å². The van der Waals surface area contributed by atoms with Crippen molar-refractivity contribution in [3.63, 3.8) is 0 Å². The quantitative estimate of drug-likeness (QED) is 0.161. The first kappa shape index (κ1) is 26.3. The Kier molecular flexibility index (Phi) is 5.66. The molecule has 46 heavy (non-hydrogen) atoms. The summed E-state index contributed by atoms with van der Waals surface area (Å²) in [6.45, 7) is 2.18. The summed E-state index contributed by atoms with van der Waals surface area (Å²) in [5.41, 5.74) is 17.3. The highest BCUT2D eigenvalue weighted by atomic mass is 15.0. The summed E-state index contributed by atoms with van der Waals surface area (Å²) in [7, 11) is 0. The largest absolute Gasteiger partial charge is 0.341 e. The Labute approximate surface area is 270 Å². The maximum atomic E-state index is 4.97. The first-order valence-electron chi connectivity index (χ1n) is 18.1. The van der Waals surface area contributed by atoms with Crippen LogP contribution in [0.1, 0.15) is 134 Å². The molecular formula is C40H42N6. The molecule has 232 valence electrons. The van der Waals surface area contributed by atoms with Gasteiger partial charge in [-0.1, -0.05) is 30.3 Å². The fraction of sp³-hybridized carbons (Fsp3) is 0.450. The van der Waals surface area contributed by atoms with Gasteiger partial charge in [-0.3, -0.25) is 0 Å². The molecule has 0 radical (unpaired) electrons. The number of H-pyrrole nitrogens is 2. The van der Waals surface area contributed by atoms with Gasteiger partial charge < -0.3 is 20.6 Å². The Morgan fingerprint density at radius 2 is 1.15 bits per heavy atom. The maximum Gasteiger partial charge on any atom is 0.124 e. The van der Waals surface area contributed by atoms with Crippen LogP contribution < -0.4 is 10.6 Å². The Morgan fingerprint density at radius 1 is 0.565 bits per heavy atom. The van der Waals surface area contributed by atoms with Crippen molar-refractivity contribution in [2.75, 3.05) is 13.1 Å². The maximum absolute atomic E-state index is 4.97. The lowest BCUT2D eigenvalue weighted by Gasteiger charge is -2.27. The van der Waals surface area contributed by atoms with E-state index < -0.39 is 0 Å². The van der Waals surface area contributed by atoms with Crippen LogP contribution in [-0.2, 0) is 0 Å². The topological polar surface area (TPSA) is 81.4 Å². The SMILES string of the molecule is c1cc2nc([C@@H]3CCCN3)[nH]c2cc1-c1ccc(-c2ccc(-c3cnc([C@@H]4CCCN4)[nH]3)c3c2C2CCC3C2)c2c1C1CCC2C1. The third-order valence-electron chi connectivity index (χ3n) is 12.8. The third-order valence-corrected chi connectivity index (χ3v) is 12.8. The van der Waals surface area contributed by atoms with Gasteiger partial charge >= 0.3 is 0 Å². The van der Waals surface area contributed by atoms with Gasteiger partial charge in [0.2, 0.25) is 0 Å². The molecule has 5 aromatic rings. The summed E-state index contributed by atoms with van der Waals surface area (Å²) < 4.78 is 0. The van der Waals surface area contributed by atoms with Crippen molar-refractivity contribution in [3.8, 4) is 33.5 Å². The van der Waals surface area contributed by atoms with Crippen molar-refractivity contribution in [2.45, 2.75) is 100.0 Å². The number of benzene rings is 3. The smallest absolute Gasteiger partial charge is 0.124 e. The summed E-state index contributed by atoms with van der Waals surface area (Å²) >= 11 is 0. The third kappa shape index (κ3) is 3.77. The predicted molar refractivity (Wildman–Crippen MR) is 183 cm³/mol. The van der Waals surface area contributed by atoms with Crippen molar-refractivity contribution in [1.29, 1.82) is 0 Å². The van der Waals surface area contributed by atoms with Crippen LogP contribution in [-0.4, -0.2) is 33.0 Å². The molecule has 4 bridgehead atoms. The zero-order valence-electron chi connectivity index (χ0n) is 26.5. The molecule has 4 N–H and O–H groups in total. The number of nitrogens with zero attached hydrogens (tertiary/aromatic N) is 2. The summed E-state index contributed by atoms with van der Waals surface area (Å²) in [6, 6.07) is 17.5. The Morgan fingerprint density at radius 3 is 1.80 bits per heavy atom. The summed E-state index contributed by atoms with van der Waals surface area (Å²) in [4.78, 5) is 17.3. The first-order valence-corrected chi connectivity index (χ1v) is 18.1. The molecule has 2 saturated carbocycles. The van der Waals surface area contributed by atoms with Gasteiger partial charge in [0.15, 0.2) is 0 Å². The molecule has 6 heteroatoms. The van der Waals surface area contributed by atoms with Gasteiger partial charge in [-0.25, -0.2) is 9.97 Å². The number of aromatic amines is 2. The summed E-state index contributed by atoms with van der Waals surface area (Å²) in [5.74, 6) is 4.95. The van der Waals surface area contributed by atoms with E-state index in [9.17, 15) is 0 Å². The molecular weight excluding hydrogens is 564 g/mol. The molecule has 4 aliphatic carbocycles. The Hall–Kier alpha value is -3.74. The second-order valence-electron chi connectivity index (χ2n) is 15.2. The Balaban J connectivity index is 1.03. The second kappa shape index (κ2) is 9.88. The fourth-order valence-corrected chi connectivity index (χ4v) is 10.8. The van der Waals surface area contributed by atoms with Crippen LogP contribution in [0.3, 0.4) is 0 Å². The summed E-state index contributed by atoms with van der Waals surface area (Å²) in [5, 5.41) is 7.23. The van der Waals surface area contributed by atoms with Crippen LogP contribution >= 0.6 is 0 Å². The van der Waals surface area contributed by atoms with Crippen LogP contribution in [0.5, 0.6) is 0 Å². The molecule has 11 rings (SSSR count). The minimum Gasteiger partial charge on any atom is -0.341 e. The number of aromatic nitrogens is 4. The standard InChI is InChI=1S/C40H42N6/c1-3-31(41-15-1)39-43-20-34(46-39)29-13-12-28(37-24-7-8-25(18-24)38(29)37)27-11-10-26(35-22-5-6-23(17-22)36(27)35)21-9-14-30-33(19-21)45-40(44-30)32-4-2-16-42-32/h9-14,19-20,22-25,31-32,41-42H,1-8,15-18H2,(H,43,46)(H,44,45)/t22?,23?,24?,25?,31-,32-/m0/s1. The number of hydrogen-bond acceptors (Lipinski definition) is 4. The van der Waals surface area contributed by atoms with Crippen LogP contribution in [0.15, 0.2) is 48.7 Å². The first-order chi connectivity index (χ1) is 22.8. The lowest BCUT2D eigenvalue weighted by Crippen LogP contribution is -2.14. The average molecular weight is 607 g/mol. The summed E-state index contributed by atoms with van der Waals surface area (Å²) in [6.07, 6.45) is 14.9. The van der Waals surface area contributed by atoms with E-state index in [0.717, 1.165) is 42.2 Å². The fourth-order valence-electron chi connectivity index (χ4n) is 10.8. The van der Waals surface area contributed by atoms with Crippen LogP contribution in [0.25, 0.3) is 44.5 Å². The van der Waals surface area contributed by atoms with Gasteiger partial charge in [0, 0.05) is 5.56 Å². The van der Waals surface area contributed by atoms with E-state index >= 15 is 0 Å². The van der Waals surface area contributed by atoms with Gasteiger partial charge in [0.05, 0.1) is 35.0 Å². The number of rotatable bonds is 5. The van der Waals surface area contributed by atoms with E-state index in [0.29, 0.717) is 35.8 Å². The van der Waals surface area contributed by atoms with E-state index in [1.54, 1.807) is 22.3 Å². The lowest BCUT2D eigenvalue weighted by molar-refractivity contribution is 0.613. The molecule has 6 atom stereocenters. The van der Waals surface area contributed by atoms with E-state index in [1.165, 1.54) is 91.3 Å². The lowest BCUT2D eigenvalue weighted by atomic mass is 9.77. The molecule has 4 unspecified atom stereocenters. The van der Waals surface area contributed by atoms with Crippen molar-refractivity contribution in [2.24, 2.45) is 0 Å². The highest BCUT2D eigenvalue weighted by Crippen LogP contribution is 2.62. The van der Waals surface area contributed by atoms with Gasteiger partial charge in [-0.15, -0.1) is 0 Å². The predicted octanol–water partition coefficient (Wildman–Crippen LogP) is 8.87. The Bertz CT molecular complexity index is 2020. The van der Waals surface area contributed by atoms with Crippen molar-refractivity contribution >= 4 is 11.0 Å². The minimum atomic E-state index is 0.359. The molecule has 4 heterocycles. The van der Waals surface area contributed by atoms with E-state index in [2.05, 4.69) is 69.3 Å². The number of fused-ring (bicyclic) bond motifs is 11.